The van der Waals surface area contributed by atoms with E-state index in [0.29, 0.717) is 16.8 Å². The second-order valence-corrected chi connectivity index (χ2v) is 4.29. The van der Waals surface area contributed by atoms with Crippen molar-refractivity contribution in [3.8, 4) is 0 Å². The van der Waals surface area contributed by atoms with Gasteiger partial charge < -0.3 is 9.55 Å². The molecule has 0 aromatic carbocycles. The van der Waals surface area contributed by atoms with Gasteiger partial charge in [0.05, 0.1) is 17.8 Å². The summed E-state index contributed by atoms with van der Waals surface area (Å²) >= 11 is 5.20. The lowest BCUT2D eigenvalue weighted by Crippen LogP contribution is -2.15. The van der Waals surface area contributed by atoms with Crippen LogP contribution in [-0.4, -0.2) is 19.5 Å². The zero-order valence-corrected chi connectivity index (χ0v) is 10.2. The Balaban J connectivity index is 2.21. The van der Waals surface area contributed by atoms with E-state index in [4.69, 9.17) is 12.2 Å². The number of aromatic nitrogens is 4. The molecule has 0 saturated heterocycles. The minimum atomic E-state index is -0.197. The second-order valence-electron chi connectivity index (χ2n) is 3.90. The standard InChI is InChI=1S/C12H10N4OS/c17-11-10-9(4-6-14-10)16(12(18)15-11)7-8-3-1-2-5-13-8/h1-6,14H,7H2,(H,15,17,18). The zero-order chi connectivity index (χ0) is 12.5. The van der Waals surface area contributed by atoms with Crippen molar-refractivity contribution in [2.45, 2.75) is 6.54 Å². The van der Waals surface area contributed by atoms with Crippen LogP contribution >= 0.6 is 12.2 Å². The van der Waals surface area contributed by atoms with Gasteiger partial charge in [-0.2, -0.15) is 0 Å². The highest BCUT2D eigenvalue weighted by molar-refractivity contribution is 7.71. The maximum absolute atomic E-state index is 11.7. The van der Waals surface area contributed by atoms with Crippen LogP contribution in [0.1, 0.15) is 5.69 Å². The molecule has 0 radical (unpaired) electrons. The van der Waals surface area contributed by atoms with E-state index in [1.807, 2.05) is 28.8 Å². The summed E-state index contributed by atoms with van der Waals surface area (Å²) in [7, 11) is 0. The molecule has 0 fully saturated rings. The highest BCUT2D eigenvalue weighted by Crippen LogP contribution is 2.10. The average Bonchev–Trinajstić information content (AvgIpc) is 2.85. The molecule has 0 atom stereocenters. The summed E-state index contributed by atoms with van der Waals surface area (Å²) in [6.45, 7) is 0.533. The van der Waals surface area contributed by atoms with E-state index in [9.17, 15) is 4.79 Å². The summed E-state index contributed by atoms with van der Waals surface area (Å²) < 4.78 is 2.25. The molecule has 0 aliphatic rings. The highest BCUT2D eigenvalue weighted by Gasteiger charge is 2.06. The molecule has 0 amide bonds. The average molecular weight is 258 g/mol. The van der Waals surface area contributed by atoms with Gasteiger partial charge in [-0.05, 0) is 30.4 Å². The number of pyridine rings is 1. The van der Waals surface area contributed by atoms with Crippen LogP contribution in [0.3, 0.4) is 0 Å². The van der Waals surface area contributed by atoms with Crippen molar-refractivity contribution in [1.82, 2.24) is 19.5 Å². The topological polar surface area (TPSA) is 66.5 Å². The van der Waals surface area contributed by atoms with Crippen LogP contribution in [0, 0.1) is 4.77 Å². The Labute approximate surface area is 107 Å². The smallest absolute Gasteiger partial charge is 0.276 e. The molecular weight excluding hydrogens is 248 g/mol. The van der Waals surface area contributed by atoms with E-state index in [-0.39, 0.29) is 5.56 Å². The van der Waals surface area contributed by atoms with Crippen molar-refractivity contribution in [3.63, 3.8) is 0 Å². The first-order valence-corrected chi connectivity index (χ1v) is 5.86. The molecule has 0 bridgehead atoms. The lowest BCUT2D eigenvalue weighted by atomic mass is 10.3. The number of nitrogens with zero attached hydrogens (tertiary/aromatic N) is 2. The molecule has 0 aliphatic heterocycles. The van der Waals surface area contributed by atoms with E-state index in [2.05, 4.69) is 15.0 Å². The third-order valence-electron chi connectivity index (χ3n) is 2.75. The summed E-state index contributed by atoms with van der Waals surface area (Å²) in [5, 5.41) is 0. The van der Waals surface area contributed by atoms with Gasteiger partial charge in [0.15, 0.2) is 4.77 Å². The van der Waals surface area contributed by atoms with Gasteiger partial charge in [0.1, 0.15) is 5.52 Å². The van der Waals surface area contributed by atoms with Gasteiger partial charge >= 0.3 is 0 Å². The van der Waals surface area contributed by atoms with Crippen LogP contribution in [0.2, 0.25) is 0 Å². The second kappa shape index (κ2) is 4.23. The molecule has 0 aliphatic carbocycles. The van der Waals surface area contributed by atoms with Crippen molar-refractivity contribution >= 4 is 23.3 Å². The summed E-state index contributed by atoms with van der Waals surface area (Å²) in [6, 6.07) is 7.54. The number of hydrogen-bond donors (Lipinski definition) is 2. The summed E-state index contributed by atoms with van der Waals surface area (Å²) in [4.78, 5) is 21.5. The fourth-order valence-electron chi connectivity index (χ4n) is 1.92. The van der Waals surface area contributed by atoms with Crippen LogP contribution < -0.4 is 5.56 Å². The summed E-state index contributed by atoms with van der Waals surface area (Å²) in [6.07, 6.45) is 3.46. The Kier molecular flexibility index (Phi) is 2.56. The van der Waals surface area contributed by atoms with Crippen LogP contribution in [0.5, 0.6) is 0 Å². The predicted octanol–water partition coefficient (Wildman–Crippen LogP) is 1.83. The number of rotatable bonds is 2. The molecule has 5 nitrogen and oxygen atoms in total. The summed E-state index contributed by atoms with van der Waals surface area (Å²) in [5.74, 6) is 0. The number of hydrogen-bond acceptors (Lipinski definition) is 3. The van der Waals surface area contributed by atoms with Crippen LogP contribution in [-0.2, 0) is 6.54 Å². The Morgan fingerprint density at radius 1 is 1.33 bits per heavy atom. The van der Waals surface area contributed by atoms with E-state index in [1.54, 1.807) is 12.4 Å². The van der Waals surface area contributed by atoms with Crippen LogP contribution in [0.25, 0.3) is 11.0 Å². The molecule has 90 valence electrons. The summed E-state index contributed by atoms with van der Waals surface area (Å²) in [5.41, 5.74) is 2.01. The van der Waals surface area contributed by atoms with Gasteiger partial charge in [0.25, 0.3) is 5.56 Å². The molecule has 0 unspecified atom stereocenters. The fourth-order valence-corrected chi connectivity index (χ4v) is 2.17. The van der Waals surface area contributed by atoms with Crippen molar-refractivity contribution in [1.29, 1.82) is 0 Å². The monoisotopic (exact) mass is 258 g/mol. The van der Waals surface area contributed by atoms with Gasteiger partial charge in [-0.3, -0.25) is 14.8 Å². The number of H-pyrrole nitrogens is 2. The number of aromatic amines is 2. The number of nitrogens with one attached hydrogen (secondary N) is 2. The van der Waals surface area contributed by atoms with E-state index in [1.165, 1.54) is 0 Å². The van der Waals surface area contributed by atoms with Gasteiger partial charge in [0.2, 0.25) is 0 Å². The zero-order valence-electron chi connectivity index (χ0n) is 9.38. The molecule has 18 heavy (non-hydrogen) atoms. The Morgan fingerprint density at radius 2 is 2.22 bits per heavy atom. The first-order valence-electron chi connectivity index (χ1n) is 5.46. The van der Waals surface area contributed by atoms with Gasteiger partial charge in [0, 0.05) is 12.4 Å². The maximum atomic E-state index is 11.7. The first-order chi connectivity index (χ1) is 8.75. The third-order valence-corrected chi connectivity index (χ3v) is 3.08. The van der Waals surface area contributed by atoms with Crippen LogP contribution in [0.4, 0.5) is 0 Å². The Hall–Kier alpha value is -2.21. The molecular formula is C12H10N4OS. The normalized spacial score (nSPS) is 10.9. The van der Waals surface area contributed by atoms with Crippen LogP contribution in [0.15, 0.2) is 41.5 Å². The molecule has 2 N–H and O–H groups in total. The fraction of sp³-hybridized carbons (Fsp3) is 0.0833. The molecule has 3 rings (SSSR count). The van der Waals surface area contributed by atoms with Crippen molar-refractivity contribution in [2.75, 3.05) is 0 Å². The SMILES string of the molecule is O=c1[nH]c(=S)n(Cc2ccccn2)c2cc[nH]c12. The van der Waals surface area contributed by atoms with E-state index in [0.717, 1.165) is 11.2 Å². The molecule has 6 heteroatoms. The lowest BCUT2D eigenvalue weighted by Gasteiger charge is -2.07. The molecule has 3 aromatic heterocycles. The Morgan fingerprint density at radius 3 is 3.00 bits per heavy atom. The van der Waals surface area contributed by atoms with Crippen molar-refractivity contribution in [3.05, 3.63) is 57.5 Å². The number of fused-ring (bicyclic) bond motifs is 1. The quantitative estimate of drug-likeness (QED) is 0.689. The first kappa shape index (κ1) is 10.9. The molecule has 3 aromatic rings. The molecule has 0 spiro atoms. The van der Waals surface area contributed by atoms with Gasteiger partial charge in [-0.15, -0.1) is 0 Å². The largest absolute Gasteiger partial charge is 0.355 e. The lowest BCUT2D eigenvalue weighted by molar-refractivity contribution is 0.761. The van der Waals surface area contributed by atoms with Crippen molar-refractivity contribution < 1.29 is 0 Å². The minimum Gasteiger partial charge on any atom is -0.355 e. The van der Waals surface area contributed by atoms with Gasteiger partial charge in [-0.25, -0.2) is 0 Å². The Bertz CT molecular complexity index is 800. The minimum absolute atomic E-state index is 0.197. The predicted molar refractivity (Wildman–Crippen MR) is 71.1 cm³/mol. The molecule has 3 heterocycles. The third kappa shape index (κ3) is 1.76. The maximum Gasteiger partial charge on any atom is 0.276 e. The van der Waals surface area contributed by atoms with Crippen molar-refractivity contribution in [2.24, 2.45) is 0 Å². The van der Waals surface area contributed by atoms with Gasteiger partial charge in [-0.1, -0.05) is 6.07 Å². The van der Waals surface area contributed by atoms with E-state index < -0.39 is 0 Å². The van der Waals surface area contributed by atoms with E-state index >= 15 is 0 Å². The highest BCUT2D eigenvalue weighted by atomic mass is 32.1. The molecule has 0 saturated carbocycles.